The van der Waals surface area contributed by atoms with Crippen molar-refractivity contribution in [2.75, 3.05) is 12.9 Å². The Bertz CT molecular complexity index is 888. The van der Waals surface area contributed by atoms with E-state index in [9.17, 15) is 9.59 Å². The number of rotatable bonds is 5. The maximum Gasteiger partial charge on any atom is 0.344 e. The van der Waals surface area contributed by atoms with Gasteiger partial charge in [0.15, 0.2) is 0 Å². The van der Waals surface area contributed by atoms with Crippen LogP contribution in [-0.2, 0) is 9.53 Å². The topological polar surface area (TPSA) is 86.1 Å². The number of ether oxygens (including phenoxy) is 1. The zero-order valence-electron chi connectivity index (χ0n) is 14.2. The first-order valence-electron chi connectivity index (χ1n) is 8.38. The minimum atomic E-state index is -0.376. The number of hydrogen-bond acceptors (Lipinski definition) is 6. The second-order valence-electron chi connectivity index (χ2n) is 6.29. The van der Waals surface area contributed by atoms with Gasteiger partial charge in [0.1, 0.15) is 5.69 Å². The smallest absolute Gasteiger partial charge is 0.344 e. The number of thioether (sulfide) groups is 1. The lowest BCUT2D eigenvalue weighted by Crippen LogP contribution is -2.34. The lowest BCUT2D eigenvalue weighted by atomic mass is 10.2. The number of carbonyl (C=O) groups is 2. The summed E-state index contributed by atoms with van der Waals surface area (Å²) >= 11 is 1.37. The van der Waals surface area contributed by atoms with Crippen LogP contribution in [0.1, 0.15) is 34.9 Å². The van der Waals surface area contributed by atoms with E-state index in [2.05, 4.69) is 15.3 Å². The van der Waals surface area contributed by atoms with Crippen molar-refractivity contribution in [3.8, 4) is 5.69 Å². The molecule has 0 saturated heterocycles. The molecule has 1 amide bonds. The van der Waals surface area contributed by atoms with E-state index in [0.717, 1.165) is 11.4 Å². The number of nitrogens with one attached hydrogen (secondary N) is 1. The number of imidazole rings is 1. The van der Waals surface area contributed by atoms with Crippen molar-refractivity contribution in [3.63, 3.8) is 0 Å². The molecule has 0 aromatic carbocycles. The van der Waals surface area contributed by atoms with Gasteiger partial charge < -0.3 is 14.6 Å². The second kappa shape index (κ2) is 6.95. The highest BCUT2D eigenvalue weighted by molar-refractivity contribution is 8.04. The van der Waals surface area contributed by atoms with E-state index in [1.54, 1.807) is 24.7 Å². The van der Waals surface area contributed by atoms with Crippen LogP contribution in [0.3, 0.4) is 0 Å². The van der Waals surface area contributed by atoms with Crippen LogP contribution >= 0.6 is 11.8 Å². The highest BCUT2D eigenvalue weighted by Gasteiger charge is 2.26. The van der Waals surface area contributed by atoms with E-state index in [1.165, 1.54) is 31.7 Å². The summed E-state index contributed by atoms with van der Waals surface area (Å²) in [6.45, 7) is 0. The maximum atomic E-state index is 12.5. The lowest BCUT2D eigenvalue weighted by Gasteiger charge is -2.10. The van der Waals surface area contributed by atoms with Crippen LogP contribution in [0.2, 0.25) is 0 Å². The minimum absolute atomic E-state index is 0.221. The molecule has 8 heteroatoms. The third-order valence-corrected chi connectivity index (χ3v) is 5.49. The van der Waals surface area contributed by atoms with E-state index in [1.807, 2.05) is 16.8 Å². The summed E-state index contributed by atoms with van der Waals surface area (Å²) in [4.78, 5) is 33.1. The van der Waals surface area contributed by atoms with Gasteiger partial charge in [-0.15, -0.1) is 11.8 Å². The minimum Gasteiger partial charge on any atom is -0.465 e. The summed E-state index contributed by atoms with van der Waals surface area (Å²) in [5.41, 5.74) is 2.27. The Labute approximate surface area is 154 Å². The number of esters is 1. The molecule has 1 aliphatic heterocycles. The van der Waals surface area contributed by atoms with Gasteiger partial charge >= 0.3 is 5.97 Å². The average Bonchev–Trinajstić information content (AvgIpc) is 3.21. The predicted octanol–water partition coefficient (Wildman–Crippen LogP) is 2.05. The van der Waals surface area contributed by atoms with Crippen molar-refractivity contribution in [1.82, 2.24) is 19.9 Å². The number of carbonyl (C=O) groups excluding carboxylic acids is 2. The molecule has 2 aromatic rings. The fraction of sp³-hybridized carbons (Fsp3) is 0.333. The zero-order chi connectivity index (χ0) is 18.1. The Morgan fingerprint density at radius 1 is 1.35 bits per heavy atom. The molecule has 4 rings (SSSR count). The molecule has 2 aromatic heterocycles. The Balaban J connectivity index is 1.46. The summed E-state index contributed by atoms with van der Waals surface area (Å²) in [6, 6.07) is 3.36. The highest BCUT2D eigenvalue weighted by Crippen LogP contribution is 2.39. The number of hydrogen-bond donors (Lipinski definition) is 1. The molecule has 1 atom stereocenters. The molecule has 0 spiro atoms. The first kappa shape index (κ1) is 16.8. The van der Waals surface area contributed by atoms with Crippen LogP contribution in [0.4, 0.5) is 0 Å². The van der Waals surface area contributed by atoms with Crippen LogP contribution in [-0.4, -0.2) is 45.3 Å². The lowest BCUT2D eigenvalue weighted by molar-refractivity contribution is -0.135. The molecule has 26 heavy (non-hydrogen) atoms. The van der Waals surface area contributed by atoms with Crippen molar-refractivity contribution < 1.29 is 14.3 Å². The van der Waals surface area contributed by atoms with Crippen molar-refractivity contribution in [2.24, 2.45) is 0 Å². The summed E-state index contributed by atoms with van der Waals surface area (Å²) in [5, 5.41) is 2.88. The Morgan fingerprint density at radius 3 is 2.96 bits per heavy atom. The number of aromatic nitrogens is 3. The van der Waals surface area contributed by atoms with Gasteiger partial charge in [0.05, 0.1) is 35.8 Å². The van der Waals surface area contributed by atoms with E-state index < -0.39 is 0 Å². The number of methoxy groups -OCH3 is 1. The summed E-state index contributed by atoms with van der Waals surface area (Å²) in [5.74, 6) is 0.527. The Hall–Kier alpha value is -2.61. The third kappa shape index (κ3) is 3.50. The van der Waals surface area contributed by atoms with Gasteiger partial charge in [-0.2, -0.15) is 0 Å². The number of pyridine rings is 1. The second-order valence-corrected chi connectivity index (χ2v) is 7.35. The van der Waals surface area contributed by atoms with Crippen molar-refractivity contribution in [1.29, 1.82) is 0 Å². The SMILES string of the molecule is COC(=O)C1=CC(NC(=O)c2cc(-n3cnc(C4CC4)c3)ccn2)CS1. The van der Waals surface area contributed by atoms with Gasteiger partial charge in [-0.3, -0.25) is 9.78 Å². The van der Waals surface area contributed by atoms with Crippen molar-refractivity contribution in [2.45, 2.75) is 24.8 Å². The molecule has 134 valence electrons. The largest absolute Gasteiger partial charge is 0.465 e. The summed E-state index contributed by atoms with van der Waals surface area (Å²) < 4.78 is 6.61. The molecule has 1 unspecified atom stereocenters. The van der Waals surface area contributed by atoms with Gasteiger partial charge in [-0.05, 0) is 31.1 Å². The monoisotopic (exact) mass is 370 g/mol. The summed E-state index contributed by atoms with van der Waals surface area (Å²) in [6.07, 6.45) is 9.50. The third-order valence-electron chi connectivity index (χ3n) is 4.35. The van der Waals surface area contributed by atoms with Crippen molar-refractivity contribution >= 4 is 23.6 Å². The van der Waals surface area contributed by atoms with E-state index >= 15 is 0 Å². The van der Waals surface area contributed by atoms with Crippen molar-refractivity contribution in [3.05, 3.63) is 53.2 Å². The van der Waals surface area contributed by atoms with Crippen LogP contribution in [0.15, 0.2) is 41.8 Å². The van der Waals surface area contributed by atoms with Gasteiger partial charge in [-0.1, -0.05) is 0 Å². The van der Waals surface area contributed by atoms with Crippen LogP contribution in [0.25, 0.3) is 5.69 Å². The van der Waals surface area contributed by atoms with Crippen LogP contribution in [0.5, 0.6) is 0 Å². The quantitative estimate of drug-likeness (QED) is 0.811. The van der Waals surface area contributed by atoms with E-state index in [0.29, 0.717) is 22.3 Å². The predicted molar refractivity (Wildman–Crippen MR) is 97.1 cm³/mol. The molecule has 2 aliphatic rings. The molecule has 1 saturated carbocycles. The number of amides is 1. The fourth-order valence-electron chi connectivity index (χ4n) is 2.79. The number of nitrogens with zero attached hydrogens (tertiary/aromatic N) is 3. The molecular weight excluding hydrogens is 352 g/mol. The van der Waals surface area contributed by atoms with E-state index in [4.69, 9.17) is 4.74 Å². The highest BCUT2D eigenvalue weighted by atomic mass is 32.2. The fourth-order valence-corrected chi connectivity index (χ4v) is 3.79. The molecule has 7 nitrogen and oxygen atoms in total. The first-order valence-corrected chi connectivity index (χ1v) is 9.36. The zero-order valence-corrected chi connectivity index (χ0v) is 15.0. The molecule has 3 heterocycles. The van der Waals surface area contributed by atoms with Gasteiger partial charge in [0.25, 0.3) is 5.91 Å². The molecule has 0 radical (unpaired) electrons. The van der Waals surface area contributed by atoms with Crippen LogP contribution < -0.4 is 5.32 Å². The Morgan fingerprint density at radius 2 is 2.19 bits per heavy atom. The first-order chi connectivity index (χ1) is 12.6. The normalized spacial score (nSPS) is 19.1. The van der Waals surface area contributed by atoms with Gasteiger partial charge in [-0.25, -0.2) is 9.78 Å². The average molecular weight is 370 g/mol. The standard InChI is InChI=1S/C18H18N4O3S/c1-25-18(24)16-6-12(9-26-16)21-17(23)14-7-13(4-5-19-14)22-8-15(20-10-22)11-2-3-11/h4-8,10-12H,2-3,9H2,1H3,(H,21,23). The molecule has 1 aliphatic carbocycles. The molecule has 0 bridgehead atoms. The molecule has 1 N–H and O–H groups in total. The Kier molecular flexibility index (Phi) is 4.50. The van der Waals surface area contributed by atoms with Gasteiger partial charge in [0.2, 0.25) is 0 Å². The molecule has 1 fully saturated rings. The van der Waals surface area contributed by atoms with E-state index in [-0.39, 0.29) is 17.9 Å². The maximum absolute atomic E-state index is 12.5. The summed E-state index contributed by atoms with van der Waals surface area (Å²) in [7, 11) is 1.34. The van der Waals surface area contributed by atoms with Crippen LogP contribution in [0, 0.1) is 0 Å². The molecular formula is C18H18N4O3S. The van der Waals surface area contributed by atoms with Gasteiger partial charge in [0, 0.05) is 24.1 Å².